The number of benzene rings is 1. The fraction of sp³-hybridized carbons (Fsp3) is 0.438. The maximum absolute atomic E-state index is 13.0. The number of carbonyl (C=O) groups excluding carboxylic acids is 1. The first kappa shape index (κ1) is 15.6. The third-order valence-electron chi connectivity index (χ3n) is 4.31. The van der Waals surface area contributed by atoms with Crippen LogP contribution in [-0.4, -0.2) is 40.1 Å². The van der Waals surface area contributed by atoms with Crippen LogP contribution in [0.2, 0.25) is 0 Å². The van der Waals surface area contributed by atoms with Crippen molar-refractivity contribution in [3.63, 3.8) is 0 Å². The maximum Gasteiger partial charge on any atom is 0.234 e. The quantitative estimate of drug-likeness (QED) is 0.931. The third kappa shape index (κ3) is 3.39. The van der Waals surface area contributed by atoms with Crippen LogP contribution in [0.15, 0.2) is 28.8 Å². The number of likely N-dealkylation sites (tertiary alicyclic amines) is 1. The van der Waals surface area contributed by atoms with Crippen LogP contribution in [0.5, 0.6) is 0 Å². The molecule has 7 heteroatoms. The van der Waals surface area contributed by atoms with Crippen molar-refractivity contribution in [2.45, 2.75) is 31.7 Å². The second-order valence-corrected chi connectivity index (χ2v) is 5.88. The van der Waals surface area contributed by atoms with Gasteiger partial charge in [0.2, 0.25) is 17.6 Å². The van der Waals surface area contributed by atoms with E-state index in [0.717, 1.165) is 19.4 Å². The summed E-state index contributed by atoms with van der Waals surface area (Å²) < 4.78 is 18.4. The van der Waals surface area contributed by atoms with Crippen LogP contribution in [-0.2, 0) is 4.79 Å². The SMILES string of the molecule is C[C@H](C(N)=O)N1CCC[C@H](c2nc(-c3ccc(F)cc3)no2)C1. The van der Waals surface area contributed by atoms with Crippen molar-refractivity contribution >= 4 is 5.91 Å². The Bertz CT molecular complexity index is 686. The molecular weight excluding hydrogens is 299 g/mol. The zero-order valence-corrected chi connectivity index (χ0v) is 12.9. The molecule has 6 nitrogen and oxygen atoms in total. The number of aromatic nitrogens is 2. The molecule has 23 heavy (non-hydrogen) atoms. The number of piperidine rings is 1. The minimum atomic E-state index is -0.330. The van der Waals surface area contributed by atoms with Crippen LogP contribution in [0.3, 0.4) is 0 Å². The molecule has 0 spiro atoms. The molecule has 1 fully saturated rings. The van der Waals surface area contributed by atoms with E-state index in [1.54, 1.807) is 12.1 Å². The Morgan fingerprint density at radius 1 is 1.43 bits per heavy atom. The molecule has 1 aromatic heterocycles. The molecule has 1 aliphatic rings. The first-order valence-corrected chi connectivity index (χ1v) is 7.67. The summed E-state index contributed by atoms with van der Waals surface area (Å²) in [5.74, 6) is 0.432. The molecule has 0 aliphatic carbocycles. The van der Waals surface area contributed by atoms with Gasteiger partial charge in [-0.05, 0) is 50.6 Å². The lowest BCUT2D eigenvalue weighted by Crippen LogP contribution is -2.47. The zero-order chi connectivity index (χ0) is 16.4. The van der Waals surface area contributed by atoms with E-state index < -0.39 is 0 Å². The van der Waals surface area contributed by atoms with E-state index in [2.05, 4.69) is 10.1 Å². The molecule has 3 rings (SSSR count). The summed E-state index contributed by atoms with van der Waals surface area (Å²) in [4.78, 5) is 17.8. The summed E-state index contributed by atoms with van der Waals surface area (Å²) in [6.07, 6.45) is 1.86. The van der Waals surface area contributed by atoms with E-state index in [4.69, 9.17) is 10.3 Å². The van der Waals surface area contributed by atoms with Gasteiger partial charge in [0, 0.05) is 12.1 Å². The van der Waals surface area contributed by atoms with Crippen LogP contribution in [0.1, 0.15) is 31.6 Å². The van der Waals surface area contributed by atoms with Crippen LogP contribution in [0, 0.1) is 5.82 Å². The molecule has 2 N–H and O–H groups in total. The van der Waals surface area contributed by atoms with Gasteiger partial charge in [-0.25, -0.2) is 4.39 Å². The zero-order valence-electron chi connectivity index (χ0n) is 12.9. The van der Waals surface area contributed by atoms with E-state index >= 15 is 0 Å². The van der Waals surface area contributed by atoms with Gasteiger partial charge in [0.15, 0.2) is 0 Å². The Balaban J connectivity index is 1.74. The van der Waals surface area contributed by atoms with Crippen molar-refractivity contribution in [3.8, 4) is 11.4 Å². The average Bonchev–Trinajstić information content (AvgIpc) is 3.05. The second-order valence-electron chi connectivity index (χ2n) is 5.88. The van der Waals surface area contributed by atoms with Gasteiger partial charge < -0.3 is 10.3 Å². The second kappa shape index (κ2) is 6.45. The topological polar surface area (TPSA) is 85.3 Å². The highest BCUT2D eigenvalue weighted by molar-refractivity contribution is 5.79. The fourth-order valence-corrected chi connectivity index (χ4v) is 2.86. The average molecular weight is 318 g/mol. The lowest BCUT2D eigenvalue weighted by molar-refractivity contribution is -0.123. The number of hydrogen-bond donors (Lipinski definition) is 1. The van der Waals surface area contributed by atoms with Gasteiger partial charge in [0.05, 0.1) is 12.0 Å². The number of hydrogen-bond acceptors (Lipinski definition) is 5. The largest absolute Gasteiger partial charge is 0.368 e. The van der Waals surface area contributed by atoms with Crippen molar-refractivity contribution < 1.29 is 13.7 Å². The Morgan fingerprint density at radius 3 is 2.87 bits per heavy atom. The van der Waals surface area contributed by atoms with Crippen molar-refractivity contribution in [2.24, 2.45) is 5.73 Å². The van der Waals surface area contributed by atoms with Crippen molar-refractivity contribution in [1.29, 1.82) is 0 Å². The number of nitrogens with two attached hydrogens (primary N) is 1. The summed E-state index contributed by atoms with van der Waals surface area (Å²) in [5, 5.41) is 3.98. The van der Waals surface area contributed by atoms with Crippen LogP contribution >= 0.6 is 0 Å². The minimum absolute atomic E-state index is 0.0762. The van der Waals surface area contributed by atoms with Crippen molar-refractivity contribution in [3.05, 3.63) is 36.0 Å². The first-order chi connectivity index (χ1) is 11.0. The Morgan fingerprint density at radius 2 is 2.17 bits per heavy atom. The summed E-state index contributed by atoms with van der Waals surface area (Å²) >= 11 is 0. The molecule has 2 aromatic rings. The lowest BCUT2D eigenvalue weighted by atomic mass is 9.96. The molecule has 2 heterocycles. The normalized spacial score (nSPS) is 20.3. The van der Waals surface area contributed by atoms with Gasteiger partial charge in [-0.2, -0.15) is 4.98 Å². The number of primary amides is 1. The van der Waals surface area contributed by atoms with Gasteiger partial charge in [-0.15, -0.1) is 0 Å². The Labute approximate surface area is 133 Å². The monoisotopic (exact) mass is 318 g/mol. The summed E-state index contributed by atoms with van der Waals surface area (Å²) in [6, 6.07) is 5.65. The number of carbonyl (C=O) groups is 1. The highest BCUT2D eigenvalue weighted by atomic mass is 19.1. The van der Waals surface area contributed by atoms with Crippen molar-refractivity contribution in [1.82, 2.24) is 15.0 Å². The van der Waals surface area contributed by atoms with Crippen LogP contribution in [0.25, 0.3) is 11.4 Å². The van der Waals surface area contributed by atoms with Gasteiger partial charge in [0.25, 0.3) is 0 Å². The lowest BCUT2D eigenvalue weighted by Gasteiger charge is -2.33. The molecule has 0 unspecified atom stereocenters. The molecule has 1 amide bonds. The van der Waals surface area contributed by atoms with E-state index in [0.29, 0.717) is 23.8 Å². The predicted molar refractivity (Wildman–Crippen MR) is 81.9 cm³/mol. The predicted octanol–water partition coefficient (Wildman–Crippen LogP) is 1.93. The highest BCUT2D eigenvalue weighted by Gasteiger charge is 2.30. The van der Waals surface area contributed by atoms with E-state index in [-0.39, 0.29) is 23.7 Å². The Hall–Kier alpha value is -2.28. The van der Waals surface area contributed by atoms with E-state index in [9.17, 15) is 9.18 Å². The molecule has 122 valence electrons. The molecule has 1 aliphatic heterocycles. The first-order valence-electron chi connectivity index (χ1n) is 7.67. The molecular formula is C16H19FN4O2. The third-order valence-corrected chi connectivity index (χ3v) is 4.31. The molecule has 0 saturated carbocycles. The number of nitrogens with zero attached hydrogens (tertiary/aromatic N) is 3. The molecule has 2 atom stereocenters. The Kier molecular flexibility index (Phi) is 4.38. The minimum Gasteiger partial charge on any atom is -0.368 e. The van der Waals surface area contributed by atoms with E-state index in [1.165, 1.54) is 12.1 Å². The highest BCUT2D eigenvalue weighted by Crippen LogP contribution is 2.28. The molecule has 0 bridgehead atoms. The molecule has 1 saturated heterocycles. The van der Waals surface area contributed by atoms with Gasteiger partial charge in [0.1, 0.15) is 5.82 Å². The number of amides is 1. The summed E-state index contributed by atoms with van der Waals surface area (Å²) in [7, 11) is 0. The van der Waals surface area contributed by atoms with Gasteiger partial charge >= 0.3 is 0 Å². The number of rotatable bonds is 4. The van der Waals surface area contributed by atoms with Crippen LogP contribution in [0.4, 0.5) is 4.39 Å². The smallest absolute Gasteiger partial charge is 0.234 e. The van der Waals surface area contributed by atoms with Gasteiger partial charge in [-0.1, -0.05) is 5.16 Å². The fourth-order valence-electron chi connectivity index (χ4n) is 2.86. The maximum atomic E-state index is 13.0. The van der Waals surface area contributed by atoms with Crippen LogP contribution < -0.4 is 5.73 Å². The number of halogens is 1. The molecule has 0 radical (unpaired) electrons. The van der Waals surface area contributed by atoms with E-state index in [1.807, 2.05) is 11.8 Å². The summed E-state index contributed by atoms with van der Waals surface area (Å²) in [6.45, 7) is 3.30. The molecule has 1 aromatic carbocycles. The standard InChI is InChI=1S/C16H19FN4O2/c1-10(14(18)22)21-8-2-3-12(9-21)16-19-15(20-23-16)11-4-6-13(17)7-5-11/h4-7,10,12H,2-3,8-9H2,1H3,(H2,18,22)/t10-,12+/m1/s1. The van der Waals surface area contributed by atoms with Gasteiger partial charge in [-0.3, -0.25) is 9.69 Å². The van der Waals surface area contributed by atoms with Crippen molar-refractivity contribution in [2.75, 3.05) is 13.1 Å². The summed E-state index contributed by atoms with van der Waals surface area (Å²) in [5.41, 5.74) is 6.09.